The molecule has 27 heteroatoms. The lowest BCUT2D eigenvalue weighted by Gasteiger charge is -2.49. The molecule has 8 aromatic carbocycles. The quantitative estimate of drug-likeness (QED) is 0.0233. The maximum Gasteiger partial charge on any atom is 0.338 e. The highest BCUT2D eigenvalue weighted by atomic mass is 16.8. The summed E-state index contributed by atoms with van der Waals surface area (Å²) in [6.45, 7) is -0.123. The standard InChI is InChI=1S/C84H81NO26/c1-52(86)100-65-64(51-99-83-72(109-80(94)60-43-25-11-26-44-60)68(107-78(92)58-39-21-9-22-40-58)66(105-76(90)56-35-17-7-18-36-56)62(103-83)49-97-74(88)54-31-13-5-14-32-54)102-82(96-48-30-4-3-29-47-85)71(101-53(2)87)70(65)111-84-73(110-81(95)61-45-27-12-28-46-61)69(108-79(93)59-41-23-10-24-42-59)67(106-77(91)57-37-19-8-20-38-57)63(104-84)50-98-75(89)55-33-15-6-16-34-55/h5-28,31-46,62-73,82-84H,3-4,29-30,47-51,85H2,1-2H3/t62-,63-,64-,65-,66-,67-,68+,69+,70+,71-,72-,73-,82-,83-,84+/m1/s1. The smallest absolute Gasteiger partial charge is 0.338 e. The van der Waals surface area contributed by atoms with Gasteiger partial charge in [0.2, 0.25) is 0 Å². The van der Waals surface area contributed by atoms with Crippen molar-refractivity contribution >= 4 is 59.7 Å². The highest BCUT2D eigenvalue weighted by molar-refractivity contribution is 5.94. The lowest BCUT2D eigenvalue weighted by Crippen LogP contribution is -2.68. The Morgan fingerprint density at radius 3 is 0.856 bits per heavy atom. The minimum absolute atomic E-state index is 0.00689. The first-order valence-corrected chi connectivity index (χ1v) is 35.9. The molecule has 0 aromatic heterocycles. The Balaban J connectivity index is 1.04. The second-order valence-corrected chi connectivity index (χ2v) is 25.6. The topological polar surface area (TPSA) is 344 Å². The molecule has 3 aliphatic rings. The van der Waals surface area contributed by atoms with Gasteiger partial charge in [0.05, 0.1) is 51.1 Å². The van der Waals surface area contributed by atoms with Gasteiger partial charge in [-0.25, -0.2) is 38.4 Å². The molecule has 3 fully saturated rings. The molecule has 0 unspecified atom stereocenters. The number of hydrogen-bond acceptors (Lipinski definition) is 27. The molecule has 27 nitrogen and oxygen atoms in total. The minimum atomic E-state index is -2.19. The summed E-state index contributed by atoms with van der Waals surface area (Å²) in [5.41, 5.74) is 5.88. The van der Waals surface area contributed by atoms with Crippen LogP contribution in [0.5, 0.6) is 0 Å². The number of esters is 10. The fourth-order valence-corrected chi connectivity index (χ4v) is 12.4. The monoisotopic (exact) mass is 1520 g/mol. The molecule has 3 heterocycles. The molecule has 15 atom stereocenters. The Hall–Kier alpha value is -11.8. The van der Waals surface area contributed by atoms with Crippen LogP contribution in [-0.2, 0) is 85.4 Å². The van der Waals surface area contributed by atoms with E-state index in [0.29, 0.717) is 32.2 Å². The van der Waals surface area contributed by atoms with E-state index in [1.807, 2.05) is 0 Å². The van der Waals surface area contributed by atoms with Gasteiger partial charge in [-0.2, -0.15) is 0 Å². The van der Waals surface area contributed by atoms with Gasteiger partial charge in [0, 0.05) is 20.5 Å². The van der Waals surface area contributed by atoms with Gasteiger partial charge in [0.25, 0.3) is 0 Å². The highest BCUT2D eigenvalue weighted by Gasteiger charge is 2.60. The minimum Gasteiger partial charge on any atom is -0.459 e. The Morgan fingerprint density at radius 2 is 0.523 bits per heavy atom. The molecule has 0 saturated carbocycles. The van der Waals surface area contributed by atoms with Gasteiger partial charge in [-0.1, -0.05) is 158 Å². The molecular weight excluding hydrogens is 1440 g/mol. The summed E-state index contributed by atoms with van der Waals surface area (Å²) >= 11 is 0. The highest BCUT2D eigenvalue weighted by Crippen LogP contribution is 2.39. The largest absolute Gasteiger partial charge is 0.459 e. The van der Waals surface area contributed by atoms with Gasteiger partial charge in [-0.15, -0.1) is 0 Å². The summed E-state index contributed by atoms with van der Waals surface area (Å²) in [5.74, 6) is -10.0. The van der Waals surface area contributed by atoms with Gasteiger partial charge in [-0.3, -0.25) is 9.59 Å². The predicted molar refractivity (Wildman–Crippen MR) is 389 cm³/mol. The molecular formula is C84H81NO26. The number of hydrogen-bond donors (Lipinski definition) is 1. The fourth-order valence-electron chi connectivity index (χ4n) is 12.4. The van der Waals surface area contributed by atoms with E-state index >= 15 is 0 Å². The summed E-state index contributed by atoms with van der Waals surface area (Å²) in [5, 5.41) is 0. The molecule has 8 aromatic rings. The van der Waals surface area contributed by atoms with Crippen LogP contribution < -0.4 is 5.73 Å². The third kappa shape index (κ3) is 22.0. The van der Waals surface area contributed by atoms with Gasteiger partial charge < -0.3 is 81.5 Å². The van der Waals surface area contributed by atoms with Crippen molar-refractivity contribution in [2.75, 3.05) is 33.0 Å². The number of ether oxygens (including phenoxy) is 16. The molecule has 111 heavy (non-hydrogen) atoms. The normalized spacial score (nSPS) is 23.3. The molecule has 0 radical (unpaired) electrons. The van der Waals surface area contributed by atoms with Crippen LogP contribution in [0, 0.1) is 0 Å². The van der Waals surface area contributed by atoms with E-state index in [1.54, 1.807) is 133 Å². The zero-order valence-corrected chi connectivity index (χ0v) is 60.3. The number of carbonyl (C=O) groups excluding carboxylic acids is 10. The first-order valence-electron chi connectivity index (χ1n) is 35.9. The summed E-state index contributed by atoms with van der Waals surface area (Å²) in [6.07, 6.45) is -26.5. The van der Waals surface area contributed by atoms with E-state index in [-0.39, 0.29) is 51.1 Å². The van der Waals surface area contributed by atoms with Crippen molar-refractivity contribution in [3.8, 4) is 0 Å². The Bertz CT molecular complexity index is 4380. The molecule has 2 N–H and O–H groups in total. The van der Waals surface area contributed by atoms with Crippen molar-refractivity contribution in [3.05, 3.63) is 287 Å². The molecule has 0 aliphatic carbocycles. The van der Waals surface area contributed by atoms with E-state index in [0.717, 1.165) is 13.8 Å². The van der Waals surface area contributed by atoms with Crippen molar-refractivity contribution in [1.29, 1.82) is 0 Å². The Morgan fingerprint density at radius 1 is 0.270 bits per heavy atom. The van der Waals surface area contributed by atoms with Crippen LogP contribution in [0.25, 0.3) is 0 Å². The van der Waals surface area contributed by atoms with Gasteiger partial charge >= 0.3 is 59.7 Å². The van der Waals surface area contributed by atoms with Crippen molar-refractivity contribution in [3.63, 3.8) is 0 Å². The van der Waals surface area contributed by atoms with Crippen LogP contribution in [0.1, 0.15) is 122 Å². The van der Waals surface area contributed by atoms with Crippen molar-refractivity contribution < 1.29 is 124 Å². The van der Waals surface area contributed by atoms with Crippen LogP contribution >= 0.6 is 0 Å². The van der Waals surface area contributed by atoms with Gasteiger partial charge in [0.15, 0.2) is 67.7 Å². The van der Waals surface area contributed by atoms with Crippen molar-refractivity contribution in [1.82, 2.24) is 0 Å². The number of nitrogens with two attached hydrogens (primary N) is 1. The first kappa shape index (κ1) is 80.2. The lowest BCUT2D eigenvalue weighted by molar-refractivity contribution is -0.365. The van der Waals surface area contributed by atoms with Crippen LogP contribution in [0.2, 0.25) is 0 Å². The molecule has 0 bridgehead atoms. The summed E-state index contributed by atoms with van der Waals surface area (Å²) in [4.78, 5) is 144. The molecule has 11 rings (SSSR count). The molecule has 3 aliphatic heterocycles. The van der Waals surface area contributed by atoms with E-state index in [9.17, 15) is 47.9 Å². The average Bonchev–Trinajstić information content (AvgIpc) is 0.768. The van der Waals surface area contributed by atoms with Crippen LogP contribution in [-0.4, -0.2) is 185 Å². The predicted octanol–water partition coefficient (Wildman–Crippen LogP) is 10.0. The van der Waals surface area contributed by atoms with Gasteiger partial charge in [0.1, 0.15) is 37.6 Å². The summed E-state index contributed by atoms with van der Waals surface area (Å²) < 4.78 is 103. The van der Waals surface area contributed by atoms with E-state index in [1.165, 1.54) is 109 Å². The van der Waals surface area contributed by atoms with Gasteiger partial charge in [-0.05, 0) is 116 Å². The molecule has 578 valence electrons. The molecule has 0 spiro atoms. The SMILES string of the molecule is CC(=O)O[C@H]1[C@H](OCCCCCCN)O[C@H](CO[C@@H]2O[C@H](COC(=O)c3ccccc3)[C@@H](OC(=O)c3ccccc3)[C@H](OC(=O)c3ccccc3)[C@H]2OC(=O)c2ccccc2)[C@@H](OC(C)=O)[C@@H]1O[C@@H]1O[C@H](COC(=O)c2ccccc2)[C@@H](OC(=O)c2ccccc2)[C@H](OC(=O)c2ccccc2)[C@H]1OC(=O)c1ccccc1. The van der Waals surface area contributed by atoms with Crippen molar-refractivity contribution in [2.24, 2.45) is 5.73 Å². The summed E-state index contributed by atoms with van der Waals surface area (Å²) in [7, 11) is 0. The second kappa shape index (κ2) is 40.0. The molecule has 3 saturated heterocycles. The van der Waals surface area contributed by atoms with Crippen LogP contribution in [0.15, 0.2) is 243 Å². The molecule has 0 amide bonds. The van der Waals surface area contributed by atoms with Crippen molar-refractivity contribution in [2.45, 2.75) is 132 Å². The number of unbranched alkanes of at least 4 members (excludes halogenated alkanes) is 3. The number of carbonyl (C=O) groups is 10. The van der Waals surface area contributed by atoms with E-state index in [2.05, 4.69) is 0 Å². The average molecular weight is 1520 g/mol. The van der Waals surface area contributed by atoms with E-state index < -0.39 is 172 Å². The fraction of sp³-hybridized carbons (Fsp3) is 0.310. The third-order valence-corrected chi connectivity index (χ3v) is 17.8. The summed E-state index contributed by atoms with van der Waals surface area (Å²) in [6, 6.07) is 61.3. The lowest BCUT2D eigenvalue weighted by atomic mass is 9.95. The van der Waals surface area contributed by atoms with Crippen LogP contribution in [0.4, 0.5) is 0 Å². The number of rotatable bonds is 32. The van der Waals surface area contributed by atoms with Crippen LogP contribution in [0.3, 0.4) is 0 Å². The third-order valence-electron chi connectivity index (χ3n) is 17.8. The zero-order valence-electron chi connectivity index (χ0n) is 60.3. The first-order chi connectivity index (χ1) is 54.0. The number of benzene rings is 8. The maximum atomic E-state index is 14.9. The Kier molecular flexibility index (Phi) is 28.9. The Labute approximate surface area is 638 Å². The van der Waals surface area contributed by atoms with E-state index in [4.69, 9.17) is 81.5 Å². The maximum absolute atomic E-state index is 14.9. The zero-order chi connectivity index (χ0) is 78.0. The second-order valence-electron chi connectivity index (χ2n) is 25.6.